The van der Waals surface area contributed by atoms with Gasteiger partial charge < -0.3 is 19.5 Å². The number of benzene rings is 1. The van der Waals surface area contributed by atoms with Crippen LogP contribution in [0.1, 0.15) is 52.3 Å². The molecule has 1 aromatic heterocycles. The van der Waals surface area contributed by atoms with E-state index in [1.165, 1.54) is 6.07 Å². The summed E-state index contributed by atoms with van der Waals surface area (Å²) in [6.07, 6.45) is 4.09. The monoisotopic (exact) mass is 451 g/mol. The molecule has 1 aliphatic heterocycles. The molecule has 2 fully saturated rings. The largest absolute Gasteiger partial charge is 0.376 e. The molecule has 1 aromatic carbocycles. The van der Waals surface area contributed by atoms with Crippen molar-refractivity contribution in [3.05, 3.63) is 51.3 Å². The molecule has 2 aliphatic rings. The second-order valence-corrected chi connectivity index (χ2v) is 8.62. The van der Waals surface area contributed by atoms with Gasteiger partial charge in [-0.15, -0.1) is 0 Å². The molecule has 0 radical (unpaired) electrons. The van der Waals surface area contributed by atoms with Crippen LogP contribution in [0, 0.1) is 5.92 Å². The normalized spacial score (nSPS) is 18.4. The molecule has 1 N–H and O–H groups in total. The highest BCUT2D eigenvalue weighted by atomic mass is 35.5. The summed E-state index contributed by atoms with van der Waals surface area (Å²) in [5, 5.41) is 7.45. The van der Waals surface area contributed by atoms with Crippen molar-refractivity contribution >= 4 is 35.0 Å². The first-order chi connectivity index (χ1) is 14.5. The first-order valence-electron chi connectivity index (χ1n) is 10.1. The van der Waals surface area contributed by atoms with Gasteiger partial charge in [-0.25, -0.2) is 0 Å². The zero-order valence-electron chi connectivity index (χ0n) is 16.4. The summed E-state index contributed by atoms with van der Waals surface area (Å²) in [6.45, 7) is 1.88. The number of halogens is 2. The van der Waals surface area contributed by atoms with E-state index >= 15 is 0 Å². The Hall–Kier alpha value is -2.09. The number of ether oxygens (including phenoxy) is 1. The van der Waals surface area contributed by atoms with Gasteiger partial charge in [0.25, 0.3) is 11.8 Å². The fraction of sp³-hybridized carbons (Fsp3) is 0.476. The van der Waals surface area contributed by atoms with E-state index in [0.29, 0.717) is 42.0 Å². The molecule has 1 saturated heterocycles. The van der Waals surface area contributed by atoms with Crippen LogP contribution in [-0.2, 0) is 11.3 Å². The maximum absolute atomic E-state index is 13.2. The zero-order valence-corrected chi connectivity index (χ0v) is 17.9. The van der Waals surface area contributed by atoms with Crippen molar-refractivity contribution in [1.29, 1.82) is 0 Å². The van der Waals surface area contributed by atoms with Crippen molar-refractivity contribution in [2.45, 2.75) is 38.3 Å². The summed E-state index contributed by atoms with van der Waals surface area (Å²) in [7, 11) is 0. The lowest BCUT2D eigenvalue weighted by atomic mass is 10.1. The molecule has 160 valence electrons. The van der Waals surface area contributed by atoms with Crippen molar-refractivity contribution in [3.8, 4) is 0 Å². The molecule has 2 amide bonds. The molecule has 2 aromatic rings. The van der Waals surface area contributed by atoms with Gasteiger partial charge in [0.05, 0.1) is 23.2 Å². The first kappa shape index (κ1) is 21.2. The number of carbonyl (C=O) groups excluding carboxylic acids is 2. The summed E-state index contributed by atoms with van der Waals surface area (Å²) in [6, 6.07) is 6.34. The van der Waals surface area contributed by atoms with Crippen LogP contribution in [0.2, 0.25) is 10.0 Å². The van der Waals surface area contributed by atoms with Crippen LogP contribution in [-0.4, -0.2) is 47.7 Å². The topological polar surface area (TPSA) is 84.7 Å². The van der Waals surface area contributed by atoms with Gasteiger partial charge >= 0.3 is 0 Å². The van der Waals surface area contributed by atoms with Crippen molar-refractivity contribution in [2.75, 3.05) is 19.7 Å². The average molecular weight is 452 g/mol. The SMILES string of the molecule is O=C(NCC1CC1)c1cc(CN(CC2CCCO2)C(=O)c2ccc(Cl)cc2Cl)on1. The number of hydrogen-bond donors (Lipinski definition) is 1. The predicted octanol–water partition coefficient (Wildman–Crippen LogP) is 3.94. The third-order valence-electron chi connectivity index (χ3n) is 5.28. The number of rotatable bonds is 8. The number of carbonyl (C=O) groups is 2. The Morgan fingerprint density at radius 3 is 2.73 bits per heavy atom. The number of hydrogen-bond acceptors (Lipinski definition) is 5. The van der Waals surface area contributed by atoms with E-state index in [2.05, 4.69) is 10.5 Å². The van der Waals surface area contributed by atoms with Crippen LogP contribution in [0.15, 0.2) is 28.8 Å². The molecule has 9 heteroatoms. The average Bonchev–Trinajstić information content (AvgIpc) is 3.19. The van der Waals surface area contributed by atoms with Crippen LogP contribution < -0.4 is 5.32 Å². The third kappa shape index (κ3) is 5.33. The molecule has 0 bridgehead atoms. The summed E-state index contributed by atoms with van der Waals surface area (Å²) in [5.74, 6) is 0.463. The number of aromatic nitrogens is 1. The zero-order chi connectivity index (χ0) is 21.1. The predicted molar refractivity (Wildman–Crippen MR) is 112 cm³/mol. The Morgan fingerprint density at radius 1 is 1.20 bits per heavy atom. The first-order valence-corrected chi connectivity index (χ1v) is 10.8. The minimum atomic E-state index is -0.269. The molecular formula is C21H23Cl2N3O4. The van der Waals surface area contributed by atoms with Crippen LogP contribution in [0.4, 0.5) is 0 Å². The summed E-state index contributed by atoms with van der Waals surface area (Å²) < 4.78 is 11.0. The highest BCUT2D eigenvalue weighted by molar-refractivity contribution is 6.36. The molecule has 1 atom stereocenters. The second-order valence-electron chi connectivity index (χ2n) is 7.78. The van der Waals surface area contributed by atoms with Gasteiger partial charge in [-0.3, -0.25) is 9.59 Å². The minimum absolute atomic E-state index is 0.0516. The molecule has 1 aliphatic carbocycles. The third-order valence-corrected chi connectivity index (χ3v) is 5.83. The second kappa shape index (κ2) is 9.37. The Kier molecular flexibility index (Phi) is 6.61. The van der Waals surface area contributed by atoms with Gasteiger partial charge in [-0.1, -0.05) is 28.4 Å². The van der Waals surface area contributed by atoms with Crippen LogP contribution >= 0.6 is 23.2 Å². The molecule has 1 unspecified atom stereocenters. The number of nitrogens with zero attached hydrogens (tertiary/aromatic N) is 2. The molecule has 0 spiro atoms. The van der Waals surface area contributed by atoms with E-state index in [9.17, 15) is 9.59 Å². The fourth-order valence-corrected chi connectivity index (χ4v) is 3.91. The molecule has 2 heterocycles. The highest BCUT2D eigenvalue weighted by Gasteiger charge is 2.27. The van der Waals surface area contributed by atoms with E-state index in [1.807, 2.05) is 0 Å². The Labute approximate surface area is 184 Å². The number of amides is 2. The van der Waals surface area contributed by atoms with Gasteiger partial charge in [0.2, 0.25) is 0 Å². The van der Waals surface area contributed by atoms with Crippen LogP contribution in [0.5, 0.6) is 0 Å². The van der Waals surface area contributed by atoms with E-state index in [4.69, 9.17) is 32.5 Å². The standard InChI is InChI=1S/C21H23Cl2N3O4/c22-14-5-6-17(18(23)8-14)21(28)26(11-15-2-1-7-29-15)12-16-9-19(25-30-16)20(27)24-10-13-3-4-13/h5-6,8-9,13,15H,1-4,7,10-12H2,(H,24,27). The Morgan fingerprint density at radius 2 is 2.03 bits per heavy atom. The van der Waals surface area contributed by atoms with Gasteiger partial charge in [0, 0.05) is 30.8 Å². The quantitative estimate of drug-likeness (QED) is 0.656. The van der Waals surface area contributed by atoms with E-state index in [-0.39, 0.29) is 35.2 Å². The van der Waals surface area contributed by atoms with Crippen LogP contribution in [0.3, 0.4) is 0 Å². The molecule has 1 saturated carbocycles. The number of nitrogens with one attached hydrogen (secondary N) is 1. The summed E-state index contributed by atoms with van der Waals surface area (Å²) in [5.41, 5.74) is 0.556. The lowest BCUT2D eigenvalue weighted by Gasteiger charge is -2.25. The van der Waals surface area contributed by atoms with E-state index < -0.39 is 0 Å². The lowest BCUT2D eigenvalue weighted by molar-refractivity contribution is 0.0486. The van der Waals surface area contributed by atoms with Crippen molar-refractivity contribution in [3.63, 3.8) is 0 Å². The molecule has 4 rings (SSSR count). The maximum Gasteiger partial charge on any atom is 0.273 e. The maximum atomic E-state index is 13.2. The lowest BCUT2D eigenvalue weighted by Crippen LogP contribution is -2.37. The fourth-order valence-electron chi connectivity index (χ4n) is 3.42. The van der Waals surface area contributed by atoms with E-state index in [0.717, 1.165) is 25.7 Å². The van der Waals surface area contributed by atoms with Crippen molar-refractivity contribution in [2.24, 2.45) is 5.92 Å². The Bertz CT molecular complexity index is 923. The molecular weight excluding hydrogens is 429 g/mol. The summed E-state index contributed by atoms with van der Waals surface area (Å²) in [4.78, 5) is 27.0. The van der Waals surface area contributed by atoms with E-state index in [1.54, 1.807) is 23.1 Å². The van der Waals surface area contributed by atoms with Gasteiger partial charge in [-0.05, 0) is 49.8 Å². The minimum Gasteiger partial charge on any atom is -0.376 e. The van der Waals surface area contributed by atoms with Gasteiger partial charge in [-0.2, -0.15) is 0 Å². The Balaban J connectivity index is 1.48. The van der Waals surface area contributed by atoms with Gasteiger partial charge in [0.15, 0.2) is 11.5 Å². The molecule has 7 nitrogen and oxygen atoms in total. The van der Waals surface area contributed by atoms with Gasteiger partial charge in [0.1, 0.15) is 0 Å². The van der Waals surface area contributed by atoms with Crippen molar-refractivity contribution < 1.29 is 18.8 Å². The highest BCUT2D eigenvalue weighted by Crippen LogP contribution is 2.28. The van der Waals surface area contributed by atoms with Crippen molar-refractivity contribution in [1.82, 2.24) is 15.4 Å². The summed E-state index contributed by atoms with van der Waals surface area (Å²) >= 11 is 12.2. The molecule has 30 heavy (non-hydrogen) atoms. The smallest absolute Gasteiger partial charge is 0.273 e. The van der Waals surface area contributed by atoms with Crippen LogP contribution in [0.25, 0.3) is 0 Å².